The van der Waals surface area contributed by atoms with Gasteiger partial charge in [-0.1, -0.05) is 19.3 Å². The van der Waals surface area contributed by atoms with Crippen molar-refractivity contribution in [2.75, 3.05) is 6.61 Å². The summed E-state index contributed by atoms with van der Waals surface area (Å²) in [7, 11) is 0. The highest BCUT2D eigenvalue weighted by atomic mass is 16.7. The van der Waals surface area contributed by atoms with Crippen LogP contribution < -0.4 is 0 Å². The lowest BCUT2D eigenvalue weighted by molar-refractivity contribution is -0.327. The van der Waals surface area contributed by atoms with Crippen LogP contribution in [0, 0.1) is 0 Å². The number of rotatable bonds is 9. The molecule has 2 fully saturated rings. The van der Waals surface area contributed by atoms with Crippen LogP contribution in [0.15, 0.2) is 0 Å². The van der Waals surface area contributed by atoms with Gasteiger partial charge < -0.3 is 33.2 Å². The van der Waals surface area contributed by atoms with Crippen molar-refractivity contribution in [3.63, 3.8) is 0 Å². The first-order valence-electron chi connectivity index (χ1n) is 11.6. The second-order valence-electron chi connectivity index (χ2n) is 8.54. The van der Waals surface area contributed by atoms with Gasteiger partial charge in [0.25, 0.3) is 0 Å². The second-order valence-corrected chi connectivity index (χ2v) is 8.54. The van der Waals surface area contributed by atoms with Gasteiger partial charge in [0, 0.05) is 34.6 Å². The third-order valence-corrected chi connectivity index (χ3v) is 5.45. The molecule has 1 saturated heterocycles. The van der Waals surface area contributed by atoms with E-state index in [1.807, 2.05) is 0 Å². The van der Waals surface area contributed by atoms with E-state index in [9.17, 15) is 24.0 Å². The number of esters is 5. The highest BCUT2D eigenvalue weighted by Crippen LogP contribution is 2.34. The van der Waals surface area contributed by atoms with Crippen molar-refractivity contribution < 1.29 is 57.1 Å². The van der Waals surface area contributed by atoms with Gasteiger partial charge in [0.2, 0.25) is 0 Å². The van der Waals surface area contributed by atoms with Gasteiger partial charge in [0.05, 0.1) is 6.10 Å². The van der Waals surface area contributed by atoms with Gasteiger partial charge in [-0.15, -0.1) is 0 Å². The smallest absolute Gasteiger partial charge is 0.303 e. The maximum absolute atomic E-state index is 12.0. The van der Waals surface area contributed by atoms with Gasteiger partial charge in [-0.05, 0) is 12.8 Å². The molecule has 2 rings (SSSR count). The first kappa shape index (κ1) is 28.5. The first-order chi connectivity index (χ1) is 16.5. The van der Waals surface area contributed by atoms with Crippen LogP contribution in [0.4, 0.5) is 0 Å². The van der Waals surface area contributed by atoms with Crippen LogP contribution >= 0.6 is 0 Å². The van der Waals surface area contributed by atoms with Crippen molar-refractivity contribution in [2.24, 2.45) is 0 Å². The Labute approximate surface area is 203 Å². The zero-order valence-electron chi connectivity index (χ0n) is 20.7. The zero-order chi connectivity index (χ0) is 26.1. The molecule has 1 aliphatic heterocycles. The average molecular weight is 503 g/mol. The summed E-state index contributed by atoms with van der Waals surface area (Å²) < 4.78 is 38.9. The molecule has 1 saturated carbocycles. The molecule has 0 aromatic heterocycles. The molecule has 2 aliphatic rings. The van der Waals surface area contributed by atoms with Crippen LogP contribution in [0.1, 0.15) is 66.7 Å². The van der Waals surface area contributed by atoms with E-state index in [1.54, 1.807) is 0 Å². The average Bonchev–Trinajstić information content (AvgIpc) is 2.74. The van der Waals surface area contributed by atoms with Crippen molar-refractivity contribution >= 4 is 29.8 Å². The fraction of sp³-hybridized carbons (Fsp3) is 0.783. The molecule has 0 aromatic rings. The summed E-state index contributed by atoms with van der Waals surface area (Å²) in [6, 6.07) is 0. The molecule has 0 bridgehead atoms. The normalized spacial score (nSPS) is 27.7. The van der Waals surface area contributed by atoms with Crippen molar-refractivity contribution in [1.82, 2.24) is 0 Å². The molecule has 12 heteroatoms. The molecule has 0 N–H and O–H groups in total. The van der Waals surface area contributed by atoms with E-state index < -0.39 is 73.3 Å². The van der Waals surface area contributed by atoms with E-state index >= 15 is 0 Å². The third-order valence-electron chi connectivity index (χ3n) is 5.45. The maximum atomic E-state index is 12.0. The molecule has 0 aromatic carbocycles. The summed E-state index contributed by atoms with van der Waals surface area (Å²) in [6.45, 7) is 5.31. The Morgan fingerprint density at radius 3 is 1.77 bits per heavy atom. The van der Waals surface area contributed by atoms with Gasteiger partial charge in [0.1, 0.15) is 12.7 Å². The highest BCUT2D eigenvalue weighted by molar-refractivity contribution is 5.69. The number of carbonyl (C=O) groups excluding carboxylic acids is 5. The van der Waals surface area contributed by atoms with E-state index in [4.69, 9.17) is 33.2 Å². The minimum atomic E-state index is -1.38. The standard InChI is InChI=1S/C23H34O12/c1-12(24)29-11-18(30-13(2)25)19-20(31-14(3)26)21(32-15(4)27)22(33-16(5)28)23(35-19)34-17-9-7-6-8-10-17/h17-23H,6-11H2,1-5H3/t18-,19+,20-,21-,22-,23+/m0/s1. The summed E-state index contributed by atoms with van der Waals surface area (Å²) in [6.07, 6.45) is -3.64. The van der Waals surface area contributed by atoms with Gasteiger partial charge in [-0.3, -0.25) is 24.0 Å². The fourth-order valence-corrected chi connectivity index (χ4v) is 4.21. The largest absolute Gasteiger partial charge is 0.462 e. The van der Waals surface area contributed by atoms with E-state index in [-0.39, 0.29) is 6.10 Å². The predicted molar refractivity (Wildman–Crippen MR) is 115 cm³/mol. The Kier molecular flexibility index (Phi) is 10.9. The van der Waals surface area contributed by atoms with Crippen molar-refractivity contribution in [3.05, 3.63) is 0 Å². The van der Waals surface area contributed by atoms with Gasteiger partial charge in [-0.2, -0.15) is 0 Å². The fourth-order valence-electron chi connectivity index (χ4n) is 4.21. The number of ether oxygens (including phenoxy) is 7. The number of hydrogen-bond donors (Lipinski definition) is 0. The Morgan fingerprint density at radius 1 is 0.714 bits per heavy atom. The Balaban J connectivity index is 2.50. The maximum Gasteiger partial charge on any atom is 0.303 e. The van der Waals surface area contributed by atoms with Crippen molar-refractivity contribution in [1.29, 1.82) is 0 Å². The van der Waals surface area contributed by atoms with Crippen molar-refractivity contribution in [2.45, 2.75) is 110 Å². The summed E-state index contributed by atoms with van der Waals surface area (Å²) in [4.78, 5) is 59.2. The SMILES string of the molecule is CC(=O)OC[C@H](OC(C)=O)[C@H]1O[C@@H](OC2CCCCC2)[C@@H](OC(C)=O)[C@@H](OC(C)=O)[C@H]1OC(C)=O. The Morgan fingerprint density at radius 2 is 1.26 bits per heavy atom. The van der Waals surface area contributed by atoms with E-state index in [1.165, 1.54) is 6.92 Å². The summed E-state index contributed by atoms with van der Waals surface area (Å²) in [5.41, 5.74) is 0. The number of hydrogen-bond acceptors (Lipinski definition) is 12. The lowest BCUT2D eigenvalue weighted by atomic mass is 9.93. The van der Waals surface area contributed by atoms with Gasteiger partial charge >= 0.3 is 29.8 Å². The summed E-state index contributed by atoms with van der Waals surface area (Å²) in [5, 5.41) is 0. The summed E-state index contributed by atoms with van der Waals surface area (Å²) in [5.74, 6) is -3.58. The molecule has 1 heterocycles. The minimum absolute atomic E-state index is 0.226. The predicted octanol–water partition coefficient (Wildman–Crippen LogP) is 1.35. The molecular weight excluding hydrogens is 468 g/mol. The molecule has 0 unspecified atom stereocenters. The molecule has 0 amide bonds. The topological polar surface area (TPSA) is 150 Å². The molecule has 198 valence electrons. The lowest BCUT2D eigenvalue weighted by Crippen LogP contribution is -2.65. The Bertz CT molecular complexity index is 774. The Hall–Kier alpha value is -2.73. The number of carbonyl (C=O) groups is 5. The zero-order valence-corrected chi connectivity index (χ0v) is 20.7. The first-order valence-corrected chi connectivity index (χ1v) is 11.6. The van der Waals surface area contributed by atoms with E-state index in [2.05, 4.69) is 0 Å². The van der Waals surface area contributed by atoms with E-state index in [0.717, 1.165) is 59.8 Å². The molecule has 0 spiro atoms. The van der Waals surface area contributed by atoms with Gasteiger partial charge in [-0.25, -0.2) is 0 Å². The minimum Gasteiger partial charge on any atom is -0.462 e. The summed E-state index contributed by atoms with van der Waals surface area (Å²) >= 11 is 0. The monoisotopic (exact) mass is 502 g/mol. The van der Waals surface area contributed by atoms with Gasteiger partial charge in [0.15, 0.2) is 30.7 Å². The quantitative estimate of drug-likeness (QED) is 0.331. The van der Waals surface area contributed by atoms with E-state index in [0.29, 0.717) is 0 Å². The van der Waals surface area contributed by atoms with Crippen LogP contribution in [0.2, 0.25) is 0 Å². The van der Waals surface area contributed by atoms with Crippen LogP contribution in [-0.2, 0) is 57.1 Å². The highest BCUT2D eigenvalue weighted by Gasteiger charge is 2.55. The molecule has 1 aliphatic carbocycles. The van der Waals surface area contributed by atoms with Crippen LogP contribution in [0.25, 0.3) is 0 Å². The van der Waals surface area contributed by atoms with Crippen LogP contribution in [-0.4, -0.2) is 79.4 Å². The molecule has 0 radical (unpaired) electrons. The molecule has 6 atom stereocenters. The van der Waals surface area contributed by atoms with Crippen LogP contribution in [0.3, 0.4) is 0 Å². The molecule has 35 heavy (non-hydrogen) atoms. The molecule has 12 nitrogen and oxygen atoms in total. The third kappa shape index (κ3) is 9.10. The second kappa shape index (κ2) is 13.4. The van der Waals surface area contributed by atoms with Crippen molar-refractivity contribution in [3.8, 4) is 0 Å². The molecular formula is C23H34O12. The lowest BCUT2D eigenvalue weighted by Gasteiger charge is -2.46. The van der Waals surface area contributed by atoms with Crippen LogP contribution in [0.5, 0.6) is 0 Å².